The summed E-state index contributed by atoms with van der Waals surface area (Å²) in [5, 5.41) is 18.5. The molecule has 10 heteroatoms. The van der Waals surface area contributed by atoms with Gasteiger partial charge in [0.05, 0.1) is 13.7 Å². The smallest absolute Gasteiger partial charge is 0.264 e. The van der Waals surface area contributed by atoms with Crippen molar-refractivity contribution in [2.45, 2.75) is 39.2 Å². The zero-order valence-corrected chi connectivity index (χ0v) is 24.1. The van der Waals surface area contributed by atoms with Gasteiger partial charge in [0, 0.05) is 43.7 Å². The number of benzene rings is 3. The fourth-order valence-corrected chi connectivity index (χ4v) is 5.35. The van der Waals surface area contributed by atoms with Crippen LogP contribution in [0, 0.1) is 19.7 Å². The van der Waals surface area contributed by atoms with Crippen LogP contribution in [-0.4, -0.2) is 61.6 Å². The normalized spacial score (nSPS) is 18.5. The van der Waals surface area contributed by atoms with E-state index in [2.05, 4.69) is 16.0 Å². The molecule has 42 heavy (non-hydrogen) atoms. The molecule has 3 aromatic carbocycles. The van der Waals surface area contributed by atoms with Crippen molar-refractivity contribution in [1.29, 1.82) is 0 Å². The number of rotatable bonds is 8. The van der Waals surface area contributed by atoms with E-state index >= 15 is 4.39 Å². The lowest BCUT2D eigenvalue weighted by atomic mass is 9.90. The fraction of sp³-hybridized carbons (Fsp3) is 0.312. The van der Waals surface area contributed by atoms with Gasteiger partial charge in [-0.25, -0.2) is 4.39 Å². The lowest BCUT2D eigenvalue weighted by Gasteiger charge is -2.28. The lowest BCUT2D eigenvalue weighted by molar-refractivity contribution is -0.139. The number of hydrogen-bond acceptors (Lipinski definition) is 7. The minimum atomic E-state index is -1.19. The summed E-state index contributed by atoms with van der Waals surface area (Å²) in [7, 11) is 2.94. The molecular formula is C32H35FN4O5. The van der Waals surface area contributed by atoms with Crippen molar-refractivity contribution >= 4 is 17.5 Å². The zero-order chi connectivity index (χ0) is 30.0. The van der Waals surface area contributed by atoms with Crippen LogP contribution in [0.25, 0.3) is 22.3 Å². The van der Waals surface area contributed by atoms with Gasteiger partial charge in [-0.3, -0.25) is 14.5 Å². The highest BCUT2D eigenvalue weighted by Gasteiger charge is 2.30. The number of nitrogens with zero attached hydrogens (tertiary/aromatic N) is 1. The van der Waals surface area contributed by atoms with Crippen molar-refractivity contribution in [3.8, 4) is 28.0 Å². The maximum Gasteiger partial charge on any atom is 0.264 e. The molecule has 4 N–H and O–H groups in total. The van der Waals surface area contributed by atoms with Crippen LogP contribution in [0.5, 0.6) is 5.75 Å². The molecule has 2 amide bonds. The lowest BCUT2D eigenvalue weighted by Crippen LogP contribution is -2.50. The highest BCUT2D eigenvalue weighted by Crippen LogP contribution is 2.38. The van der Waals surface area contributed by atoms with E-state index in [1.807, 2.05) is 50.2 Å². The van der Waals surface area contributed by atoms with Crippen LogP contribution in [0.15, 0.2) is 60.3 Å². The van der Waals surface area contributed by atoms with Crippen LogP contribution < -0.4 is 20.7 Å². The maximum atomic E-state index is 15.4. The molecule has 2 heterocycles. The number of amides is 2. The Bertz CT molecular complexity index is 1550. The molecule has 1 fully saturated rings. The molecule has 0 saturated carbocycles. The summed E-state index contributed by atoms with van der Waals surface area (Å²) >= 11 is 0. The van der Waals surface area contributed by atoms with Gasteiger partial charge in [0.25, 0.3) is 11.8 Å². The number of halogens is 1. The summed E-state index contributed by atoms with van der Waals surface area (Å²) in [6.45, 7) is 5.54. The van der Waals surface area contributed by atoms with Crippen LogP contribution in [-0.2, 0) is 20.9 Å². The van der Waals surface area contributed by atoms with Gasteiger partial charge in [0.2, 0.25) is 6.35 Å². The molecule has 1 unspecified atom stereocenters. The number of ether oxygens (including phenoxy) is 2. The monoisotopic (exact) mass is 574 g/mol. The number of aliphatic hydroxyl groups is 1. The average molecular weight is 575 g/mol. The molecule has 1 saturated heterocycles. The van der Waals surface area contributed by atoms with Crippen LogP contribution in [0.4, 0.5) is 10.1 Å². The van der Waals surface area contributed by atoms with Crippen LogP contribution in [0.3, 0.4) is 0 Å². The van der Waals surface area contributed by atoms with Crippen LogP contribution >= 0.6 is 0 Å². The topological polar surface area (TPSA) is 112 Å². The van der Waals surface area contributed by atoms with Gasteiger partial charge in [-0.05, 0) is 71.8 Å². The van der Waals surface area contributed by atoms with Crippen LogP contribution in [0.2, 0.25) is 0 Å². The second-order valence-corrected chi connectivity index (χ2v) is 10.5. The Hall–Kier alpha value is -4.25. The Labute approximate surface area is 244 Å². The Balaban J connectivity index is 1.43. The molecule has 0 radical (unpaired) electrons. The first-order valence-corrected chi connectivity index (χ1v) is 13.8. The molecule has 0 aliphatic carbocycles. The van der Waals surface area contributed by atoms with E-state index in [-0.39, 0.29) is 17.4 Å². The standard InChI is InChI=1S/C32H35FN4O5/c1-18-22(20-13-27(33)25(29(14-20)41-4)15-34-21-11-12-42-17-21)7-5-8-23(18)24-9-6-10-28(19(24)2)36-30(38)26-16-35-32(40)37(3)31(26)39/h5-10,13-14,16,21,32,34-35,40H,11-12,15,17H2,1-4H3,(H,36,38)/t21-,32?/m0/s1. The third-order valence-corrected chi connectivity index (χ3v) is 7.93. The molecule has 5 rings (SSSR count). The first-order valence-electron chi connectivity index (χ1n) is 13.8. The van der Waals surface area contributed by atoms with Gasteiger partial charge < -0.3 is 30.5 Å². The Morgan fingerprint density at radius 1 is 1.14 bits per heavy atom. The van der Waals surface area contributed by atoms with E-state index in [9.17, 15) is 14.7 Å². The summed E-state index contributed by atoms with van der Waals surface area (Å²) in [4.78, 5) is 26.5. The van der Waals surface area contributed by atoms with Crippen molar-refractivity contribution in [1.82, 2.24) is 15.5 Å². The summed E-state index contributed by atoms with van der Waals surface area (Å²) in [6, 6.07) is 15.0. The Morgan fingerprint density at radius 2 is 1.86 bits per heavy atom. The highest BCUT2D eigenvalue weighted by atomic mass is 19.1. The predicted molar refractivity (Wildman–Crippen MR) is 158 cm³/mol. The minimum absolute atomic E-state index is 0.114. The van der Waals surface area contributed by atoms with E-state index in [0.717, 1.165) is 39.1 Å². The van der Waals surface area contributed by atoms with Gasteiger partial charge in [-0.2, -0.15) is 0 Å². The molecule has 2 atom stereocenters. The van der Waals surface area contributed by atoms with Crippen molar-refractivity contribution in [3.05, 3.63) is 82.8 Å². The number of carbonyl (C=O) groups excluding carboxylic acids is 2. The van der Waals surface area contributed by atoms with Gasteiger partial charge >= 0.3 is 0 Å². The first kappa shape index (κ1) is 29.2. The Kier molecular flexibility index (Phi) is 8.58. The van der Waals surface area contributed by atoms with Crippen molar-refractivity contribution in [2.75, 3.05) is 32.7 Å². The quantitative estimate of drug-likeness (QED) is 0.303. The van der Waals surface area contributed by atoms with Gasteiger partial charge in [-0.1, -0.05) is 30.3 Å². The number of methoxy groups -OCH3 is 1. The molecule has 0 spiro atoms. The van der Waals surface area contributed by atoms with Gasteiger partial charge in [0.1, 0.15) is 17.1 Å². The molecule has 0 bridgehead atoms. The van der Waals surface area contributed by atoms with Crippen LogP contribution in [0.1, 0.15) is 23.1 Å². The SMILES string of the molecule is COc1cc(-c2cccc(-c3cccc(NC(=O)C4=CNC(O)N(C)C4=O)c3C)c2C)cc(F)c1CN[C@H]1CCOC1. The van der Waals surface area contributed by atoms with Crippen molar-refractivity contribution in [3.63, 3.8) is 0 Å². The molecule has 2 aliphatic rings. The first-order chi connectivity index (χ1) is 20.2. The highest BCUT2D eigenvalue weighted by molar-refractivity contribution is 6.23. The Morgan fingerprint density at radius 3 is 2.57 bits per heavy atom. The van der Waals surface area contributed by atoms with Crippen molar-refractivity contribution < 1.29 is 28.6 Å². The van der Waals surface area contributed by atoms with E-state index in [1.165, 1.54) is 19.3 Å². The largest absolute Gasteiger partial charge is 0.496 e. The molecular weight excluding hydrogens is 539 g/mol. The van der Waals surface area contributed by atoms with E-state index in [0.29, 0.717) is 42.3 Å². The number of carbonyl (C=O) groups is 2. The summed E-state index contributed by atoms with van der Waals surface area (Å²) < 4.78 is 26.4. The molecule has 2 aliphatic heterocycles. The maximum absolute atomic E-state index is 15.4. The van der Waals surface area contributed by atoms with Gasteiger partial charge in [-0.15, -0.1) is 0 Å². The second-order valence-electron chi connectivity index (χ2n) is 10.5. The number of anilines is 1. The zero-order valence-electron chi connectivity index (χ0n) is 24.1. The van der Waals surface area contributed by atoms with E-state index < -0.39 is 18.2 Å². The molecule has 9 nitrogen and oxygen atoms in total. The van der Waals surface area contributed by atoms with E-state index in [4.69, 9.17) is 9.47 Å². The van der Waals surface area contributed by atoms with Gasteiger partial charge in [0.15, 0.2) is 0 Å². The third kappa shape index (κ3) is 5.74. The average Bonchev–Trinajstić information content (AvgIpc) is 3.50. The number of nitrogens with one attached hydrogen (secondary N) is 3. The fourth-order valence-electron chi connectivity index (χ4n) is 5.35. The molecule has 3 aromatic rings. The number of likely N-dealkylation sites (N-methyl/N-ethyl adjacent to an activating group) is 1. The third-order valence-electron chi connectivity index (χ3n) is 7.93. The number of aliphatic hydroxyl groups excluding tert-OH is 1. The summed E-state index contributed by atoms with van der Waals surface area (Å²) in [5.74, 6) is -1.05. The summed E-state index contributed by atoms with van der Waals surface area (Å²) in [5.41, 5.74) is 6.00. The minimum Gasteiger partial charge on any atom is -0.496 e. The number of hydrogen-bond donors (Lipinski definition) is 4. The predicted octanol–water partition coefficient (Wildman–Crippen LogP) is 3.82. The van der Waals surface area contributed by atoms with Crippen molar-refractivity contribution in [2.24, 2.45) is 0 Å². The van der Waals surface area contributed by atoms with E-state index in [1.54, 1.807) is 13.2 Å². The molecule has 0 aromatic heterocycles. The molecule has 220 valence electrons. The summed E-state index contributed by atoms with van der Waals surface area (Å²) in [6.07, 6.45) is 0.919. The second kappa shape index (κ2) is 12.3.